The predicted molar refractivity (Wildman–Crippen MR) is 154 cm³/mol. The van der Waals surface area contributed by atoms with Gasteiger partial charge in [-0.25, -0.2) is 9.97 Å². The lowest BCUT2D eigenvalue weighted by atomic mass is 10.1. The van der Waals surface area contributed by atoms with Gasteiger partial charge < -0.3 is 15.2 Å². The van der Waals surface area contributed by atoms with Crippen LogP contribution in [0.25, 0.3) is 11.3 Å². The summed E-state index contributed by atoms with van der Waals surface area (Å²) in [6, 6.07) is 17.9. The lowest BCUT2D eigenvalue weighted by Gasteiger charge is -2.14. The highest BCUT2D eigenvalue weighted by Crippen LogP contribution is 2.29. The molecule has 1 aromatic heterocycles. The summed E-state index contributed by atoms with van der Waals surface area (Å²) in [5.74, 6) is 2.33. The number of methoxy groups -OCH3 is 1. The van der Waals surface area contributed by atoms with E-state index < -0.39 is 0 Å². The molecule has 0 saturated carbocycles. The molecule has 7 heteroatoms. The van der Waals surface area contributed by atoms with Crippen LogP contribution in [0.4, 0.5) is 11.5 Å². The first-order valence-corrected chi connectivity index (χ1v) is 12.6. The minimum absolute atomic E-state index is 0.160. The van der Waals surface area contributed by atoms with Crippen LogP contribution in [0.3, 0.4) is 0 Å². The normalized spacial score (nSPS) is 11.2. The van der Waals surface area contributed by atoms with Gasteiger partial charge in [-0.15, -0.1) is 0 Å². The van der Waals surface area contributed by atoms with Crippen LogP contribution in [0.2, 0.25) is 0 Å². The van der Waals surface area contributed by atoms with E-state index in [0.717, 1.165) is 34.3 Å². The standard InChI is InChI=1S/C21H24N4O2S.C8H12/c1-25(10-11-26)28-14-16-6-5-7-17(12-16)24-21-13-19(22-15-23-21)18-8-3-4-9-20(18)27-2;1-4-6-8(3)7-5-2/h3-9,12-13,15,26H,10-11,14H2,1-2H3,(H,22,23,24);4-7H,1H2,2-3H3/b;7-5-,8-6-. The highest BCUT2D eigenvalue weighted by molar-refractivity contribution is 7.96. The lowest BCUT2D eigenvalue weighted by Crippen LogP contribution is -2.14. The van der Waals surface area contributed by atoms with Crippen molar-refractivity contribution in [2.24, 2.45) is 0 Å². The maximum absolute atomic E-state index is 8.99. The summed E-state index contributed by atoms with van der Waals surface area (Å²) in [4.78, 5) is 8.72. The van der Waals surface area contributed by atoms with Gasteiger partial charge in [-0.1, -0.05) is 72.7 Å². The number of anilines is 2. The average Bonchev–Trinajstić information content (AvgIpc) is 2.89. The van der Waals surface area contributed by atoms with Crippen LogP contribution in [-0.2, 0) is 5.75 Å². The zero-order chi connectivity index (χ0) is 26.2. The van der Waals surface area contributed by atoms with Gasteiger partial charge in [-0.2, -0.15) is 0 Å². The third-order valence-corrected chi connectivity index (χ3v) is 6.01. The molecule has 0 amide bonds. The number of likely N-dealkylation sites (N-methyl/N-ethyl adjacent to an activating group) is 1. The molecule has 3 aromatic rings. The minimum Gasteiger partial charge on any atom is -0.496 e. The van der Waals surface area contributed by atoms with Crippen molar-refractivity contribution in [3.8, 4) is 17.0 Å². The zero-order valence-corrected chi connectivity index (χ0v) is 22.3. The second kappa shape index (κ2) is 16.3. The number of aromatic nitrogens is 2. The van der Waals surface area contributed by atoms with Gasteiger partial charge in [0.25, 0.3) is 0 Å². The molecule has 3 rings (SSSR count). The number of allylic oxidation sites excluding steroid dienone is 5. The largest absolute Gasteiger partial charge is 0.496 e. The van der Waals surface area contributed by atoms with Crippen molar-refractivity contribution >= 4 is 23.5 Å². The number of nitrogens with zero attached hydrogens (tertiary/aromatic N) is 3. The zero-order valence-electron chi connectivity index (χ0n) is 21.5. The van der Waals surface area contributed by atoms with Gasteiger partial charge >= 0.3 is 0 Å². The van der Waals surface area contributed by atoms with Crippen LogP contribution < -0.4 is 10.1 Å². The molecular formula is C29H36N4O2S. The molecule has 1 heterocycles. The summed E-state index contributed by atoms with van der Waals surface area (Å²) in [5.41, 5.74) is 5.12. The molecule has 36 heavy (non-hydrogen) atoms. The first kappa shape index (κ1) is 28.8. The van der Waals surface area contributed by atoms with Crippen molar-refractivity contribution in [3.05, 3.63) is 103 Å². The molecule has 0 atom stereocenters. The number of aliphatic hydroxyl groups is 1. The molecular weight excluding hydrogens is 468 g/mol. The first-order chi connectivity index (χ1) is 17.5. The van der Waals surface area contributed by atoms with Crippen LogP contribution in [0.5, 0.6) is 5.75 Å². The fourth-order valence-electron chi connectivity index (χ4n) is 3.21. The van der Waals surface area contributed by atoms with Crippen molar-refractivity contribution < 1.29 is 9.84 Å². The fraction of sp³-hybridized carbons (Fsp3) is 0.241. The molecule has 2 aromatic carbocycles. The molecule has 0 saturated heterocycles. The first-order valence-electron chi connectivity index (χ1n) is 11.7. The van der Waals surface area contributed by atoms with Gasteiger partial charge in [0.05, 0.1) is 19.4 Å². The molecule has 0 radical (unpaired) electrons. The minimum atomic E-state index is 0.160. The van der Waals surface area contributed by atoms with E-state index in [-0.39, 0.29) is 6.61 Å². The highest BCUT2D eigenvalue weighted by Gasteiger charge is 2.08. The van der Waals surface area contributed by atoms with E-state index in [4.69, 9.17) is 9.84 Å². The van der Waals surface area contributed by atoms with Crippen molar-refractivity contribution in [1.29, 1.82) is 0 Å². The molecule has 0 bridgehead atoms. The van der Waals surface area contributed by atoms with Crippen LogP contribution in [0, 0.1) is 0 Å². The quantitative estimate of drug-likeness (QED) is 0.223. The number of aliphatic hydroxyl groups excluding tert-OH is 1. The molecule has 0 unspecified atom stereocenters. The predicted octanol–water partition coefficient (Wildman–Crippen LogP) is 6.66. The lowest BCUT2D eigenvalue weighted by molar-refractivity contribution is 0.273. The van der Waals surface area contributed by atoms with Crippen LogP contribution in [-0.4, -0.2) is 46.7 Å². The summed E-state index contributed by atoms with van der Waals surface area (Å²) in [7, 11) is 3.63. The number of nitrogens with one attached hydrogen (secondary N) is 1. The van der Waals surface area contributed by atoms with Crippen molar-refractivity contribution in [2.45, 2.75) is 19.6 Å². The third-order valence-electron chi connectivity index (χ3n) is 4.93. The Balaban J connectivity index is 0.000000493. The fourth-order valence-corrected chi connectivity index (χ4v) is 3.97. The molecule has 6 nitrogen and oxygen atoms in total. The Morgan fingerprint density at radius 2 is 1.97 bits per heavy atom. The highest BCUT2D eigenvalue weighted by atomic mass is 32.2. The summed E-state index contributed by atoms with van der Waals surface area (Å²) < 4.78 is 7.47. The number of rotatable bonds is 11. The van der Waals surface area contributed by atoms with Crippen molar-refractivity contribution in [2.75, 3.05) is 32.6 Å². The van der Waals surface area contributed by atoms with E-state index in [9.17, 15) is 0 Å². The molecule has 0 aliphatic rings. The second-order valence-corrected chi connectivity index (χ2v) is 8.98. The van der Waals surface area contributed by atoms with E-state index in [1.165, 1.54) is 11.1 Å². The van der Waals surface area contributed by atoms with Gasteiger partial charge in [0.15, 0.2) is 0 Å². The van der Waals surface area contributed by atoms with Gasteiger partial charge in [-0.05, 0) is 50.7 Å². The summed E-state index contributed by atoms with van der Waals surface area (Å²) in [6.45, 7) is 8.42. The van der Waals surface area contributed by atoms with Gasteiger partial charge in [0, 0.05) is 29.6 Å². The summed E-state index contributed by atoms with van der Waals surface area (Å²) in [5, 5.41) is 12.3. The van der Waals surface area contributed by atoms with E-state index in [0.29, 0.717) is 6.54 Å². The number of para-hydroxylation sites is 1. The third kappa shape index (κ3) is 10.1. The molecule has 0 spiro atoms. The second-order valence-electron chi connectivity index (χ2n) is 7.81. The van der Waals surface area contributed by atoms with E-state index in [2.05, 4.69) is 34.0 Å². The monoisotopic (exact) mass is 504 g/mol. The van der Waals surface area contributed by atoms with Gasteiger partial charge in [0.1, 0.15) is 17.9 Å². The van der Waals surface area contributed by atoms with Crippen LogP contribution in [0.1, 0.15) is 19.4 Å². The van der Waals surface area contributed by atoms with Crippen molar-refractivity contribution in [3.63, 3.8) is 0 Å². The van der Waals surface area contributed by atoms with Crippen LogP contribution >= 0.6 is 11.9 Å². The Hall–Kier alpha value is -3.39. The number of ether oxygens (including phenoxy) is 1. The summed E-state index contributed by atoms with van der Waals surface area (Å²) in [6.07, 6.45) is 9.36. The van der Waals surface area contributed by atoms with E-state index >= 15 is 0 Å². The molecule has 2 N–H and O–H groups in total. The van der Waals surface area contributed by atoms with Gasteiger partial charge in [-0.3, -0.25) is 4.31 Å². The van der Waals surface area contributed by atoms with E-state index in [1.807, 2.05) is 85.9 Å². The van der Waals surface area contributed by atoms with Crippen LogP contribution in [0.15, 0.2) is 97.4 Å². The van der Waals surface area contributed by atoms with E-state index in [1.54, 1.807) is 31.5 Å². The molecule has 0 aliphatic carbocycles. The Morgan fingerprint density at radius 3 is 2.69 bits per heavy atom. The smallest absolute Gasteiger partial charge is 0.134 e. The number of hydrogen-bond donors (Lipinski definition) is 2. The summed E-state index contributed by atoms with van der Waals surface area (Å²) >= 11 is 1.68. The topological polar surface area (TPSA) is 70.5 Å². The maximum atomic E-state index is 8.99. The van der Waals surface area contributed by atoms with Crippen molar-refractivity contribution in [1.82, 2.24) is 14.3 Å². The Kier molecular flexibility index (Phi) is 13.1. The Morgan fingerprint density at radius 1 is 1.17 bits per heavy atom. The Bertz CT molecular complexity index is 1150. The van der Waals surface area contributed by atoms with Gasteiger partial charge in [0.2, 0.25) is 0 Å². The maximum Gasteiger partial charge on any atom is 0.134 e. The Labute approximate surface area is 219 Å². The molecule has 190 valence electrons. The number of hydrogen-bond acceptors (Lipinski definition) is 7. The SMILES string of the molecule is C=C/C=C(C)\C=C/C.COc1ccccc1-c1cc(Nc2cccc(CSN(C)CCO)c2)ncn1. The number of benzene rings is 2. The molecule has 0 fully saturated rings. The average molecular weight is 505 g/mol. The molecule has 0 aliphatic heterocycles.